The second-order valence-corrected chi connectivity index (χ2v) is 7.05. The van der Waals surface area contributed by atoms with Gasteiger partial charge >= 0.3 is 5.97 Å². The van der Waals surface area contributed by atoms with E-state index in [4.69, 9.17) is 4.42 Å². The van der Waals surface area contributed by atoms with Gasteiger partial charge in [0.25, 0.3) is 5.91 Å². The zero-order valence-corrected chi connectivity index (χ0v) is 16.8. The highest BCUT2D eigenvalue weighted by molar-refractivity contribution is 6.32. The van der Waals surface area contributed by atoms with Crippen molar-refractivity contribution in [3.05, 3.63) is 83.1 Å². The predicted octanol–water partition coefficient (Wildman–Crippen LogP) is 4.65. The molecule has 1 aliphatic rings. The maximum absolute atomic E-state index is 12.9. The van der Waals surface area contributed by atoms with Crippen LogP contribution in [0.1, 0.15) is 40.3 Å². The number of ketones is 1. The molecule has 0 atom stereocenters. The van der Waals surface area contributed by atoms with Crippen LogP contribution in [0.15, 0.2) is 75.8 Å². The molecule has 0 saturated carbocycles. The van der Waals surface area contributed by atoms with Gasteiger partial charge in [-0.3, -0.25) is 9.59 Å². The number of nitrogens with zero attached hydrogens (tertiary/aromatic N) is 2. The number of carboxylic acids is 1. The molecule has 2 aromatic carbocycles. The van der Waals surface area contributed by atoms with E-state index < -0.39 is 5.97 Å². The summed E-state index contributed by atoms with van der Waals surface area (Å²) in [7, 11) is 0. The number of carbonyl (C=O) groups excluding carboxylic acids is 2. The molecule has 0 spiro atoms. The topological polar surface area (TPSA) is 100 Å². The van der Waals surface area contributed by atoms with E-state index in [0.717, 1.165) is 5.56 Å². The van der Waals surface area contributed by atoms with E-state index in [2.05, 4.69) is 5.10 Å². The van der Waals surface area contributed by atoms with E-state index >= 15 is 0 Å². The van der Waals surface area contributed by atoms with Crippen LogP contribution in [0.25, 0.3) is 17.4 Å². The number of amides is 1. The van der Waals surface area contributed by atoms with E-state index in [-0.39, 0.29) is 17.3 Å². The molecule has 7 nitrogen and oxygen atoms in total. The Kier molecular flexibility index (Phi) is 5.09. The van der Waals surface area contributed by atoms with Gasteiger partial charge in [-0.05, 0) is 56.3 Å². The van der Waals surface area contributed by atoms with Gasteiger partial charge in [0.15, 0.2) is 5.78 Å². The third-order valence-electron chi connectivity index (χ3n) is 4.87. The van der Waals surface area contributed by atoms with E-state index in [0.29, 0.717) is 34.1 Å². The van der Waals surface area contributed by atoms with Crippen molar-refractivity contribution in [2.75, 3.05) is 5.01 Å². The lowest BCUT2D eigenvalue weighted by Crippen LogP contribution is -2.21. The molecule has 0 radical (unpaired) electrons. The molecule has 31 heavy (non-hydrogen) atoms. The SMILES string of the molecule is CC(=O)c1cccc(-c2ccc(/C=C3\C(=O)N(c4cccc(C(=O)O)c4)N=C3C)o2)c1. The number of hydrogen-bond acceptors (Lipinski definition) is 5. The van der Waals surface area contributed by atoms with E-state index in [1.807, 2.05) is 6.07 Å². The number of furan rings is 1. The molecular formula is C24H18N2O5. The molecule has 4 rings (SSSR count). The minimum absolute atomic E-state index is 0.0359. The van der Waals surface area contributed by atoms with Crippen LogP contribution in [0, 0.1) is 0 Å². The molecule has 0 saturated heterocycles. The number of rotatable bonds is 5. The number of hydrogen-bond donors (Lipinski definition) is 1. The average Bonchev–Trinajstić information content (AvgIpc) is 3.34. The predicted molar refractivity (Wildman–Crippen MR) is 116 cm³/mol. The summed E-state index contributed by atoms with van der Waals surface area (Å²) in [6.07, 6.45) is 1.60. The molecule has 0 fully saturated rings. The normalized spacial score (nSPS) is 14.8. The zero-order chi connectivity index (χ0) is 22.1. The number of aromatic carboxylic acids is 1. The number of anilines is 1. The van der Waals surface area contributed by atoms with Crippen LogP contribution >= 0.6 is 0 Å². The molecule has 1 N–H and O–H groups in total. The third kappa shape index (κ3) is 3.93. The quantitative estimate of drug-likeness (QED) is 0.484. The Morgan fingerprint density at radius 1 is 1.03 bits per heavy atom. The van der Waals surface area contributed by atoms with Crippen LogP contribution in [0.3, 0.4) is 0 Å². The highest BCUT2D eigenvalue weighted by Gasteiger charge is 2.29. The van der Waals surface area contributed by atoms with E-state index in [1.54, 1.807) is 55.5 Å². The highest BCUT2D eigenvalue weighted by Crippen LogP contribution is 2.28. The summed E-state index contributed by atoms with van der Waals surface area (Å²) in [5.74, 6) is -0.465. The number of benzene rings is 2. The van der Waals surface area contributed by atoms with Crippen molar-refractivity contribution in [2.45, 2.75) is 13.8 Å². The molecule has 7 heteroatoms. The first kappa shape index (κ1) is 20.0. The first-order chi connectivity index (χ1) is 14.8. The van der Waals surface area contributed by atoms with Crippen LogP contribution in [0.5, 0.6) is 0 Å². The molecule has 1 aromatic heterocycles. The van der Waals surface area contributed by atoms with Crippen LogP contribution in [0.4, 0.5) is 5.69 Å². The lowest BCUT2D eigenvalue weighted by atomic mass is 10.1. The number of carboxylic acid groups (broad SMARTS) is 1. The second kappa shape index (κ2) is 7.87. The molecule has 154 valence electrons. The summed E-state index contributed by atoms with van der Waals surface area (Å²) < 4.78 is 5.86. The van der Waals surface area contributed by atoms with Gasteiger partial charge in [-0.2, -0.15) is 10.1 Å². The molecule has 0 bridgehead atoms. The molecule has 2 heterocycles. The summed E-state index contributed by atoms with van der Waals surface area (Å²) in [6.45, 7) is 3.20. The summed E-state index contributed by atoms with van der Waals surface area (Å²) in [6, 6.07) is 16.6. The van der Waals surface area contributed by atoms with Crippen LogP contribution in [-0.2, 0) is 4.79 Å². The lowest BCUT2D eigenvalue weighted by Gasteiger charge is -2.12. The van der Waals surface area contributed by atoms with Gasteiger partial charge in [-0.25, -0.2) is 4.79 Å². The fraction of sp³-hybridized carbons (Fsp3) is 0.0833. The molecule has 0 unspecified atom stereocenters. The lowest BCUT2D eigenvalue weighted by molar-refractivity contribution is -0.114. The van der Waals surface area contributed by atoms with Gasteiger partial charge in [-0.15, -0.1) is 0 Å². The molecule has 0 aliphatic carbocycles. The van der Waals surface area contributed by atoms with Crippen LogP contribution in [0.2, 0.25) is 0 Å². The Bertz CT molecular complexity index is 1280. The maximum atomic E-state index is 12.9. The van der Waals surface area contributed by atoms with Gasteiger partial charge < -0.3 is 9.52 Å². The summed E-state index contributed by atoms with van der Waals surface area (Å²) in [5.41, 5.74) is 2.61. The van der Waals surface area contributed by atoms with E-state index in [9.17, 15) is 19.5 Å². The molecule has 1 aliphatic heterocycles. The van der Waals surface area contributed by atoms with Crippen molar-refractivity contribution in [2.24, 2.45) is 5.10 Å². The van der Waals surface area contributed by atoms with Gasteiger partial charge in [0.2, 0.25) is 0 Å². The molecular weight excluding hydrogens is 396 g/mol. The number of hydrazone groups is 1. The average molecular weight is 414 g/mol. The Morgan fingerprint density at radius 2 is 1.77 bits per heavy atom. The van der Waals surface area contributed by atoms with Gasteiger partial charge in [-0.1, -0.05) is 24.3 Å². The monoisotopic (exact) mass is 414 g/mol. The summed E-state index contributed by atoms with van der Waals surface area (Å²) in [4.78, 5) is 35.7. The Morgan fingerprint density at radius 3 is 2.52 bits per heavy atom. The van der Waals surface area contributed by atoms with Crippen molar-refractivity contribution < 1.29 is 23.9 Å². The van der Waals surface area contributed by atoms with Crippen LogP contribution < -0.4 is 5.01 Å². The van der Waals surface area contributed by atoms with Crippen molar-refractivity contribution in [3.63, 3.8) is 0 Å². The minimum atomic E-state index is -1.08. The van der Waals surface area contributed by atoms with E-state index in [1.165, 1.54) is 24.1 Å². The van der Waals surface area contributed by atoms with Crippen molar-refractivity contribution in [3.8, 4) is 11.3 Å². The van der Waals surface area contributed by atoms with Gasteiger partial charge in [0.05, 0.1) is 22.5 Å². The van der Waals surface area contributed by atoms with Crippen molar-refractivity contribution in [1.82, 2.24) is 0 Å². The molecule has 1 amide bonds. The smallest absolute Gasteiger partial charge is 0.335 e. The summed E-state index contributed by atoms with van der Waals surface area (Å²) >= 11 is 0. The largest absolute Gasteiger partial charge is 0.478 e. The van der Waals surface area contributed by atoms with Crippen molar-refractivity contribution in [1.29, 1.82) is 0 Å². The summed E-state index contributed by atoms with van der Waals surface area (Å²) in [5, 5.41) is 14.6. The maximum Gasteiger partial charge on any atom is 0.335 e. The van der Waals surface area contributed by atoms with Crippen LogP contribution in [-0.4, -0.2) is 28.5 Å². The fourth-order valence-electron chi connectivity index (χ4n) is 3.25. The van der Waals surface area contributed by atoms with Gasteiger partial charge in [0, 0.05) is 11.1 Å². The van der Waals surface area contributed by atoms with Crippen molar-refractivity contribution >= 4 is 35.1 Å². The standard InChI is InChI=1S/C24H18N2O5/c1-14-21(23(28)26(25-14)19-8-4-7-18(12-19)24(29)30)13-20-9-10-22(31-20)17-6-3-5-16(11-17)15(2)27/h3-13H,1-2H3,(H,29,30)/b21-13-. The Labute approximate surface area is 177 Å². The first-order valence-corrected chi connectivity index (χ1v) is 9.50. The van der Waals surface area contributed by atoms with Gasteiger partial charge in [0.1, 0.15) is 11.5 Å². The Balaban J connectivity index is 1.62. The fourth-order valence-corrected chi connectivity index (χ4v) is 3.25. The number of Topliss-reactive ketones (excluding diaryl/α,β-unsaturated/α-hetero) is 1. The number of carbonyl (C=O) groups is 3. The Hall–Kier alpha value is -4.26. The third-order valence-corrected chi connectivity index (χ3v) is 4.87. The minimum Gasteiger partial charge on any atom is -0.478 e. The second-order valence-electron chi connectivity index (χ2n) is 7.05. The zero-order valence-electron chi connectivity index (χ0n) is 16.8. The highest BCUT2D eigenvalue weighted by atomic mass is 16.4. The molecule has 3 aromatic rings. The first-order valence-electron chi connectivity index (χ1n) is 9.50.